The summed E-state index contributed by atoms with van der Waals surface area (Å²) in [7, 11) is 0. The number of aryl methyl sites for hydroxylation is 1. The Balaban J connectivity index is 1.66. The molecular formula is C26H28O6. The maximum absolute atomic E-state index is 11.6. The van der Waals surface area contributed by atoms with Crippen molar-refractivity contribution < 1.29 is 29.2 Å². The van der Waals surface area contributed by atoms with E-state index < -0.39 is 18.5 Å². The van der Waals surface area contributed by atoms with Gasteiger partial charge in [0.1, 0.15) is 11.5 Å². The molecule has 1 aliphatic heterocycles. The molecule has 2 aromatic carbocycles. The molecule has 0 saturated heterocycles. The van der Waals surface area contributed by atoms with Gasteiger partial charge in [-0.2, -0.15) is 0 Å². The number of esters is 1. The van der Waals surface area contributed by atoms with E-state index in [1.807, 2.05) is 24.3 Å². The van der Waals surface area contributed by atoms with Crippen LogP contribution in [0.3, 0.4) is 0 Å². The predicted molar refractivity (Wildman–Crippen MR) is 123 cm³/mol. The number of carbonyl (C=O) groups is 1. The van der Waals surface area contributed by atoms with Crippen LogP contribution in [0.2, 0.25) is 0 Å². The van der Waals surface area contributed by atoms with Gasteiger partial charge >= 0.3 is 5.97 Å². The van der Waals surface area contributed by atoms with Gasteiger partial charge in [0.2, 0.25) is 6.29 Å². The monoisotopic (exact) mass is 436 g/mol. The van der Waals surface area contributed by atoms with Crippen molar-refractivity contribution in [3.05, 3.63) is 83.5 Å². The van der Waals surface area contributed by atoms with E-state index in [1.165, 1.54) is 0 Å². The van der Waals surface area contributed by atoms with Crippen molar-refractivity contribution >= 4 is 17.6 Å². The number of hydrogen-bond acceptors (Lipinski definition) is 6. The second kappa shape index (κ2) is 10.4. The molecule has 1 heterocycles. The highest BCUT2D eigenvalue weighted by atomic mass is 16.6. The molecule has 2 unspecified atom stereocenters. The zero-order chi connectivity index (χ0) is 23.3. The lowest BCUT2D eigenvalue weighted by Crippen LogP contribution is -2.21. The van der Waals surface area contributed by atoms with Gasteiger partial charge in [-0.15, -0.1) is 0 Å². The average Bonchev–Trinajstić information content (AvgIpc) is 2.76. The molecule has 32 heavy (non-hydrogen) atoms. The molecule has 0 fully saturated rings. The zero-order valence-corrected chi connectivity index (χ0v) is 18.3. The fraction of sp³-hybridized carbons (Fsp3) is 0.269. The maximum Gasteiger partial charge on any atom is 0.338 e. The standard InChI is InChI=1S/C26H28O6/c1-16(2)24(27)30-13-5-6-18-7-8-20-15-22(26(29)32-23(20)14-18)19-9-11-21(12-10-19)31-25(28)17(3)4/h7-12,14-15,24,26-27,29H,1,3,5-6,13H2,2,4H3. The van der Waals surface area contributed by atoms with Crippen molar-refractivity contribution in [2.75, 3.05) is 6.61 Å². The van der Waals surface area contributed by atoms with E-state index in [0.717, 1.165) is 29.5 Å². The molecule has 0 amide bonds. The van der Waals surface area contributed by atoms with Crippen LogP contribution < -0.4 is 9.47 Å². The lowest BCUT2D eigenvalue weighted by Gasteiger charge is -2.24. The molecule has 3 rings (SSSR count). The molecule has 168 valence electrons. The van der Waals surface area contributed by atoms with Crippen LogP contribution in [0.15, 0.2) is 66.8 Å². The lowest BCUT2D eigenvalue weighted by molar-refractivity contribution is -0.130. The number of rotatable bonds is 9. The molecule has 0 saturated carbocycles. The molecule has 0 aliphatic carbocycles. The smallest absolute Gasteiger partial charge is 0.338 e. The number of benzene rings is 2. The second-order valence-corrected chi connectivity index (χ2v) is 7.81. The molecule has 0 spiro atoms. The van der Waals surface area contributed by atoms with Crippen LogP contribution in [0.4, 0.5) is 0 Å². The number of aliphatic hydroxyl groups excluding tert-OH is 2. The maximum atomic E-state index is 11.6. The predicted octanol–water partition coefficient (Wildman–Crippen LogP) is 4.26. The number of aliphatic hydroxyl groups is 2. The number of carbonyl (C=O) groups excluding carboxylic acids is 1. The summed E-state index contributed by atoms with van der Waals surface area (Å²) in [5.41, 5.74) is 4.18. The van der Waals surface area contributed by atoms with Gasteiger partial charge < -0.3 is 24.4 Å². The first-order valence-electron chi connectivity index (χ1n) is 10.4. The first-order chi connectivity index (χ1) is 15.2. The summed E-state index contributed by atoms with van der Waals surface area (Å²) in [4.78, 5) is 11.6. The minimum atomic E-state index is -1.12. The highest BCUT2D eigenvalue weighted by Crippen LogP contribution is 2.35. The molecule has 0 bridgehead atoms. The molecule has 6 nitrogen and oxygen atoms in total. The van der Waals surface area contributed by atoms with Gasteiger partial charge in [0.25, 0.3) is 0 Å². The third-order valence-corrected chi connectivity index (χ3v) is 4.95. The summed E-state index contributed by atoms with van der Waals surface area (Å²) in [5, 5.41) is 20.1. The Hall–Kier alpha value is -3.19. The van der Waals surface area contributed by atoms with Gasteiger partial charge in [-0.25, -0.2) is 4.79 Å². The summed E-state index contributed by atoms with van der Waals surface area (Å²) >= 11 is 0. The minimum Gasteiger partial charge on any atom is -0.460 e. The average molecular weight is 437 g/mol. The molecular weight excluding hydrogens is 408 g/mol. The van der Waals surface area contributed by atoms with Gasteiger partial charge in [0.15, 0.2) is 6.29 Å². The van der Waals surface area contributed by atoms with Gasteiger partial charge in [0, 0.05) is 16.7 Å². The summed E-state index contributed by atoms with van der Waals surface area (Å²) < 4.78 is 16.3. The fourth-order valence-electron chi connectivity index (χ4n) is 3.13. The quantitative estimate of drug-likeness (QED) is 0.153. The van der Waals surface area contributed by atoms with Crippen molar-refractivity contribution in [3.8, 4) is 11.5 Å². The van der Waals surface area contributed by atoms with Gasteiger partial charge in [-0.3, -0.25) is 0 Å². The minimum absolute atomic E-state index is 0.320. The fourth-order valence-corrected chi connectivity index (χ4v) is 3.13. The van der Waals surface area contributed by atoms with E-state index in [2.05, 4.69) is 13.2 Å². The van der Waals surface area contributed by atoms with Crippen LogP contribution in [0.25, 0.3) is 11.6 Å². The van der Waals surface area contributed by atoms with E-state index in [1.54, 1.807) is 38.1 Å². The van der Waals surface area contributed by atoms with E-state index in [4.69, 9.17) is 14.2 Å². The Bertz CT molecular complexity index is 1030. The Labute approximate surface area is 188 Å². The summed E-state index contributed by atoms with van der Waals surface area (Å²) in [5.74, 6) is 0.522. The van der Waals surface area contributed by atoms with E-state index in [9.17, 15) is 15.0 Å². The van der Waals surface area contributed by atoms with Crippen LogP contribution >= 0.6 is 0 Å². The Morgan fingerprint density at radius 1 is 1.16 bits per heavy atom. The van der Waals surface area contributed by atoms with Crippen LogP contribution in [0, 0.1) is 0 Å². The normalized spacial score (nSPS) is 15.8. The highest BCUT2D eigenvalue weighted by Gasteiger charge is 2.22. The largest absolute Gasteiger partial charge is 0.460 e. The van der Waals surface area contributed by atoms with Crippen molar-refractivity contribution in [1.82, 2.24) is 0 Å². The third kappa shape index (κ3) is 5.95. The molecule has 0 radical (unpaired) electrons. The zero-order valence-electron chi connectivity index (χ0n) is 18.3. The SMILES string of the molecule is C=C(C)C(=O)Oc1ccc(C2=Cc3ccc(CCCOC(O)C(=C)C)cc3OC2O)cc1. The van der Waals surface area contributed by atoms with Gasteiger partial charge in [0.05, 0.1) is 6.61 Å². The summed E-state index contributed by atoms with van der Waals surface area (Å²) in [6.45, 7) is 10.9. The molecule has 2 atom stereocenters. The molecule has 2 N–H and O–H groups in total. The first-order valence-corrected chi connectivity index (χ1v) is 10.4. The number of fused-ring (bicyclic) bond motifs is 1. The van der Waals surface area contributed by atoms with Crippen LogP contribution in [0.1, 0.15) is 37.0 Å². The van der Waals surface area contributed by atoms with Crippen molar-refractivity contribution in [3.63, 3.8) is 0 Å². The Morgan fingerprint density at radius 3 is 2.53 bits per heavy atom. The van der Waals surface area contributed by atoms with Crippen LogP contribution in [-0.4, -0.2) is 35.4 Å². The van der Waals surface area contributed by atoms with Crippen LogP contribution in [0.5, 0.6) is 11.5 Å². The summed E-state index contributed by atoms with van der Waals surface area (Å²) in [6, 6.07) is 12.7. The summed E-state index contributed by atoms with van der Waals surface area (Å²) in [6.07, 6.45) is 1.31. The molecule has 2 aromatic rings. The first kappa shape index (κ1) is 23.5. The van der Waals surface area contributed by atoms with Crippen molar-refractivity contribution in [2.45, 2.75) is 39.3 Å². The van der Waals surface area contributed by atoms with E-state index in [0.29, 0.717) is 34.8 Å². The number of hydrogen-bond donors (Lipinski definition) is 2. The second-order valence-electron chi connectivity index (χ2n) is 7.81. The lowest BCUT2D eigenvalue weighted by atomic mass is 9.98. The van der Waals surface area contributed by atoms with E-state index >= 15 is 0 Å². The number of ether oxygens (including phenoxy) is 3. The third-order valence-electron chi connectivity index (χ3n) is 4.95. The van der Waals surface area contributed by atoms with Crippen LogP contribution in [-0.2, 0) is 16.0 Å². The molecule has 1 aliphatic rings. The molecule has 6 heteroatoms. The Kier molecular flexibility index (Phi) is 7.64. The topological polar surface area (TPSA) is 85.2 Å². The van der Waals surface area contributed by atoms with Crippen molar-refractivity contribution in [1.29, 1.82) is 0 Å². The van der Waals surface area contributed by atoms with Gasteiger partial charge in [-0.1, -0.05) is 37.4 Å². The van der Waals surface area contributed by atoms with Gasteiger partial charge in [-0.05, 0) is 67.7 Å². The molecule has 0 aromatic heterocycles. The van der Waals surface area contributed by atoms with Crippen molar-refractivity contribution in [2.24, 2.45) is 0 Å². The Morgan fingerprint density at radius 2 is 1.88 bits per heavy atom. The highest BCUT2D eigenvalue weighted by molar-refractivity contribution is 5.89. The van der Waals surface area contributed by atoms with E-state index in [-0.39, 0.29) is 0 Å².